The highest BCUT2D eigenvalue weighted by atomic mass is 19.4. The Balaban J connectivity index is 1.64. The molecule has 1 unspecified atom stereocenters. The number of para-hydroxylation sites is 1. The average Bonchev–Trinajstić information content (AvgIpc) is 3.32. The Bertz CT molecular complexity index is 1350. The van der Waals surface area contributed by atoms with E-state index in [1.165, 1.54) is 16.7 Å². The number of halogens is 4. The summed E-state index contributed by atoms with van der Waals surface area (Å²) in [6, 6.07) is 12.4. The third-order valence-electron chi connectivity index (χ3n) is 7.03. The highest BCUT2D eigenvalue weighted by Gasteiger charge is 2.35. The van der Waals surface area contributed by atoms with Crippen LogP contribution >= 0.6 is 0 Å². The van der Waals surface area contributed by atoms with E-state index in [2.05, 4.69) is 24.9 Å². The smallest absolute Gasteiger partial charge is 0.402 e. The van der Waals surface area contributed by atoms with Gasteiger partial charge in [-0.05, 0) is 61.9 Å². The zero-order valence-electron chi connectivity index (χ0n) is 22.1. The maximum atomic E-state index is 15.3. The Morgan fingerprint density at radius 2 is 1.95 bits per heavy atom. The van der Waals surface area contributed by atoms with Crippen LogP contribution in [-0.2, 0) is 12.7 Å². The third-order valence-corrected chi connectivity index (χ3v) is 7.03. The Hall–Kier alpha value is -3.62. The van der Waals surface area contributed by atoms with Crippen molar-refractivity contribution in [3.63, 3.8) is 0 Å². The topological polar surface area (TPSA) is 59.4 Å². The van der Waals surface area contributed by atoms with Crippen molar-refractivity contribution in [1.82, 2.24) is 9.55 Å². The van der Waals surface area contributed by atoms with E-state index in [0.717, 1.165) is 48.0 Å². The molecule has 0 amide bonds. The predicted octanol–water partition coefficient (Wildman–Crippen LogP) is 7.46. The van der Waals surface area contributed by atoms with Crippen LogP contribution in [0, 0.1) is 5.82 Å². The van der Waals surface area contributed by atoms with Crippen molar-refractivity contribution in [3.8, 4) is 11.4 Å². The lowest BCUT2D eigenvalue weighted by molar-refractivity contribution is -0.140. The van der Waals surface area contributed by atoms with Crippen LogP contribution in [0.15, 0.2) is 64.9 Å². The number of aliphatic imine (C=N–C) groups is 1. The molecule has 0 fully saturated rings. The lowest BCUT2D eigenvalue weighted by atomic mass is 9.90. The van der Waals surface area contributed by atoms with Gasteiger partial charge in [-0.15, -0.1) is 0 Å². The average molecular weight is 528 g/mol. The highest BCUT2D eigenvalue weighted by molar-refractivity contribution is 5.85. The molecule has 202 valence electrons. The van der Waals surface area contributed by atoms with E-state index in [0.29, 0.717) is 11.6 Å². The SMILES string of the molecule is CCn1cc(C(F)(F)F)nc1-c1ccc(N(C)C2CCCC(N)=C2C=Nc2ccccc2C(C)C)cc1F. The van der Waals surface area contributed by atoms with Crippen molar-refractivity contribution in [1.29, 1.82) is 0 Å². The van der Waals surface area contributed by atoms with Gasteiger partial charge >= 0.3 is 6.18 Å². The minimum atomic E-state index is -4.60. The van der Waals surface area contributed by atoms with Gasteiger partial charge in [-0.2, -0.15) is 13.2 Å². The second kappa shape index (κ2) is 11.0. The number of allylic oxidation sites excluding steroid dienone is 1. The van der Waals surface area contributed by atoms with Gasteiger partial charge < -0.3 is 15.2 Å². The quantitative estimate of drug-likeness (QED) is 0.256. The number of nitrogens with two attached hydrogens (primary N) is 1. The number of hydrogen-bond donors (Lipinski definition) is 1. The molecular formula is C29H33F4N5. The summed E-state index contributed by atoms with van der Waals surface area (Å²) in [4.78, 5) is 10.4. The van der Waals surface area contributed by atoms with Gasteiger partial charge in [0.25, 0.3) is 0 Å². The Kier molecular flexibility index (Phi) is 7.94. The Morgan fingerprint density at radius 3 is 2.61 bits per heavy atom. The van der Waals surface area contributed by atoms with Crippen LogP contribution < -0.4 is 10.6 Å². The number of aryl methyl sites for hydroxylation is 1. The summed E-state index contributed by atoms with van der Waals surface area (Å²) in [6.45, 7) is 6.16. The molecule has 1 aliphatic rings. The predicted molar refractivity (Wildman–Crippen MR) is 144 cm³/mol. The minimum absolute atomic E-state index is 0.0188. The molecule has 4 rings (SSSR count). The molecule has 1 atom stereocenters. The fourth-order valence-electron chi connectivity index (χ4n) is 4.90. The summed E-state index contributed by atoms with van der Waals surface area (Å²) < 4.78 is 56.3. The van der Waals surface area contributed by atoms with E-state index in [9.17, 15) is 13.2 Å². The number of hydrogen-bond acceptors (Lipinski definition) is 4. The number of likely N-dealkylation sites (N-methyl/N-ethyl adjacent to an activating group) is 1. The number of rotatable bonds is 7. The summed E-state index contributed by atoms with van der Waals surface area (Å²) in [5.74, 6) is -0.376. The van der Waals surface area contributed by atoms with E-state index in [1.54, 1.807) is 13.0 Å². The summed E-state index contributed by atoms with van der Waals surface area (Å²) in [5, 5.41) is 0. The molecule has 3 aromatic rings. The van der Waals surface area contributed by atoms with Crippen LogP contribution in [0.3, 0.4) is 0 Å². The second-order valence-electron chi connectivity index (χ2n) is 9.87. The van der Waals surface area contributed by atoms with Gasteiger partial charge in [0.05, 0.1) is 17.3 Å². The molecule has 2 aromatic carbocycles. The van der Waals surface area contributed by atoms with Gasteiger partial charge in [-0.1, -0.05) is 32.0 Å². The summed E-state index contributed by atoms with van der Waals surface area (Å²) in [5.41, 5.74) is 9.66. The molecule has 0 bridgehead atoms. The fraction of sp³-hybridized carbons (Fsp3) is 0.379. The molecule has 2 N–H and O–H groups in total. The van der Waals surface area contributed by atoms with Crippen LogP contribution in [0.2, 0.25) is 0 Å². The van der Waals surface area contributed by atoms with E-state index < -0.39 is 17.7 Å². The van der Waals surface area contributed by atoms with Gasteiger partial charge in [0.1, 0.15) is 11.6 Å². The molecule has 0 radical (unpaired) electrons. The molecule has 38 heavy (non-hydrogen) atoms. The van der Waals surface area contributed by atoms with Gasteiger partial charge in [0.15, 0.2) is 5.69 Å². The van der Waals surface area contributed by atoms with Crippen molar-refractivity contribution in [2.45, 2.75) is 64.7 Å². The van der Waals surface area contributed by atoms with E-state index in [-0.39, 0.29) is 24.0 Å². The van der Waals surface area contributed by atoms with Crippen LogP contribution in [0.4, 0.5) is 28.9 Å². The number of anilines is 1. The summed E-state index contributed by atoms with van der Waals surface area (Å²) in [7, 11) is 1.86. The van der Waals surface area contributed by atoms with Crippen LogP contribution in [0.1, 0.15) is 57.2 Å². The molecule has 1 aliphatic carbocycles. The lowest BCUT2D eigenvalue weighted by Gasteiger charge is -2.34. The molecule has 1 heterocycles. The van der Waals surface area contributed by atoms with Crippen molar-refractivity contribution >= 4 is 17.6 Å². The van der Waals surface area contributed by atoms with E-state index in [4.69, 9.17) is 10.7 Å². The van der Waals surface area contributed by atoms with Crippen molar-refractivity contribution in [3.05, 3.63) is 77.0 Å². The van der Waals surface area contributed by atoms with Crippen molar-refractivity contribution in [2.24, 2.45) is 10.7 Å². The molecule has 0 aliphatic heterocycles. The van der Waals surface area contributed by atoms with Crippen LogP contribution in [-0.4, -0.2) is 28.9 Å². The number of nitrogens with zero attached hydrogens (tertiary/aromatic N) is 4. The van der Waals surface area contributed by atoms with Crippen LogP contribution in [0.25, 0.3) is 11.4 Å². The minimum Gasteiger partial charge on any atom is -0.402 e. The highest BCUT2D eigenvalue weighted by Crippen LogP contribution is 2.35. The molecule has 5 nitrogen and oxygen atoms in total. The zero-order chi connectivity index (χ0) is 27.6. The number of benzene rings is 2. The lowest BCUT2D eigenvalue weighted by Crippen LogP contribution is -2.37. The maximum Gasteiger partial charge on any atom is 0.434 e. The third kappa shape index (κ3) is 5.61. The number of alkyl halides is 3. The van der Waals surface area contributed by atoms with E-state index >= 15 is 4.39 Å². The van der Waals surface area contributed by atoms with Gasteiger partial charge in [0.2, 0.25) is 0 Å². The van der Waals surface area contributed by atoms with Gasteiger partial charge in [-0.3, -0.25) is 4.99 Å². The fourth-order valence-corrected chi connectivity index (χ4v) is 4.90. The van der Waals surface area contributed by atoms with Crippen molar-refractivity contribution < 1.29 is 17.6 Å². The first-order chi connectivity index (χ1) is 18.0. The Morgan fingerprint density at radius 1 is 1.21 bits per heavy atom. The normalized spacial score (nSPS) is 16.6. The number of aromatic nitrogens is 2. The first kappa shape index (κ1) is 27.4. The summed E-state index contributed by atoms with van der Waals surface area (Å²) >= 11 is 0. The first-order valence-corrected chi connectivity index (χ1v) is 12.8. The standard InChI is InChI=1S/C29H33F4N5/c1-5-38-17-27(29(31,32)33)36-28(38)21-14-13-19(15-23(21)30)37(4)26-12-8-10-24(34)22(26)16-35-25-11-7-6-9-20(25)18(2)3/h6-7,9,11,13-18,26H,5,8,10,12,34H2,1-4H3. The first-order valence-electron chi connectivity index (χ1n) is 12.8. The van der Waals surface area contributed by atoms with Crippen LogP contribution in [0.5, 0.6) is 0 Å². The monoisotopic (exact) mass is 527 g/mol. The molecule has 0 saturated carbocycles. The van der Waals surface area contributed by atoms with Gasteiger partial charge in [0, 0.05) is 43.0 Å². The molecule has 9 heteroatoms. The molecular weight excluding hydrogens is 494 g/mol. The van der Waals surface area contributed by atoms with Gasteiger partial charge in [-0.25, -0.2) is 9.37 Å². The van der Waals surface area contributed by atoms with Crippen molar-refractivity contribution in [2.75, 3.05) is 11.9 Å². The largest absolute Gasteiger partial charge is 0.434 e. The zero-order valence-corrected chi connectivity index (χ0v) is 22.1. The molecule has 0 saturated heterocycles. The van der Waals surface area contributed by atoms with E-state index in [1.807, 2.05) is 36.4 Å². The molecule has 1 aromatic heterocycles. The molecule has 0 spiro atoms. The summed E-state index contributed by atoms with van der Waals surface area (Å²) in [6.07, 6.45) is 0.572. The Labute approximate surface area is 220 Å². The number of imidazole rings is 1. The maximum absolute atomic E-state index is 15.3. The second-order valence-corrected chi connectivity index (χ2v) is 9.87.